The third-order valence-electron chi connectivity index (χ3n) is 1.89. The lowest BCUT2D eigenvalue weighted by Crippen LogP contribution is -2.35. The Hall–Kier alpha value is -1.40. The molecule has 1 heterocycles. The van der Waals surface area contributed by atoms with Crippen molar-refractivity contribution in [2.45, 2.75) is 19.4 Å². The molecule has 0 aliphatic heterocycles. The van der Waals surface area contributed by atoms with Crippen LogP contribution in [0.4, 0.5) is 5.95 Å². The number of hydrogen-bond donors (Lipinski definition) is 2. The topological polar surface area (TPSA) is 90.1 Å². The standard InChI is InChI=1S/C9H13ClN4O2/c1-3-5(11)8(15)14-9-12-6(10)4-7(13-9)16-2/h4-5H,3,11H2,1-2H3,(H,12,13,14,15)/t5-/m0/s1. The number of hydrogen-bond acceptors (Lipinski definition) is 5. The maximum Gasteiger partial charge on any atom is 0.243 e. The summed E-state index contributed by atoms with van der Waals surface area (Å²) in [6, 6.07) is 0.852. The molecule has 0 aliphatic rings. The molecular formula is C9H13ClN4O2. The van der Waals surface area contributed by atoms with E-state index in [1.807, 2.05) is 6.92 Å². The summed E-state index contributed by atoms with van der Waals surface area (Å²) >= 11 is 5.71. The second-order valence-corrected chi connectivity index (χ2v) is 3.45. The van der Waals surface area contributed by atoms with Crippen LogP contribution < -0.4 is 15.8 Å². The number of halogens is 1. The molecule has 0 bridgehead atoms. The first-order valence-electron chi connectivity index (χ1n) is 4.71. The van der Waals surface area contributed by atoms with Gasteiger partial charge in [-0.1, -0.05) is 18.5 Å². The van der Waals surface area contributed by atoms with Crippen LogP contribution in [-0.2, 0) is 4.79 Å². The van der Waals surface area contributed by atoms with Gasteiger partial charge in [-0.3, -0.25) is 10.1 Å². The van der Waals surface area contributed by atoms with Crippen LogP contribution in [0.25, 0.3) is 0 Å². The maximum atomic E-state index is 11.5. The number of ether oxygens (including phenoxy) is 1. The first-order chi connectivity index (χ1) is 7.56. The van der Waals surface area contributed by atoms with Crippen LogP contribution in [0.3, 0.4) is 0 Å². The lowest BCUT2D eigenvalue weighted by atomic mass is 10.2. The van der Waals surface area contributed by atoms with Gasteiger partial charge in [0.1, 0.15) is 5.15 Å². The molecule has 0 aromatic carbocycles. The van der Waals surface area contributed by atoms with Crippen molar-refractivity contribution in [3.8, 4) is 5.88 Å². The van der Waals surface area contributed by atoms with Crippen LogP contribution >= 0.6 is 11.6 Å². The van der Waals surface area contributed by atoms with Crippen LogP contribution in [0.5, 0.6) is 5.88 Å². The molecule has 3 N–H and O–H groups in total. The SMILES string of the molecule is CC[C@H](N)C(=O)Nc1nc(Cl)cc(OC)n1. The number of anilines is 1. The first kappa shape index (κ1) is 12.7. The Morgan fingerprint density at radius 1 is 1.69 bits per heavy atom. The van der Waals surface area contributed by atoms with Crippen molar-refractivity contribution < 1.29 is 9.53 Å². The molecule has 0 radical (unpaired) electrons. The van der Waals surface area contributed by atoms with E-state index < -0.39 is 6.04 Å². The van der Waals surface area contributed by atoms with Crippen molar-refractivity contribution in [1.29, 1.82) is 0 Å². The fraction of sp³-hybridized carbons (Fsp3) is 0.444. The molecule has 1 amide bonds. The van der Waals surface area contributed by atoms with Crippen molar-refractivity contribution in [2.75, 3.05) is 12.4 Å². The zero-order valence-corrected chi connectivity index (χ0v) is 9.78. The summed E-state index contributed by atoms with van der Waals surface area (Å²) < 4.78 is 4.89. The van der Waals surface area contributed by atoms with Crippen molar-refractivity contribution >= 4 is 23.5 Å². The van der Waals surface area contributed by atoms with E-state index in [1.165, 1.54) is 13.2 Å². The van der Waals surface area contributed by atoms with Crippen LogP contribution in [0.1, 0.15) is 13.3 Å². The van der Waals surface area contributed by atoms with Gasteiger partial charge in [-0.05, 0) is 6.42 Å². The maximum absolute atomic E-state index is 11.5. The average molecular weight is 245 g/mol. The summed E-state index contributed by atoms with van der Waals surface area (Å²) in [7, 11) is 1.45. The van der Waals surface area contributed by atoms with E-state index in [9.17, 15) is 4.79 Å². The van der Waals surface area contributed by atoms with Gasteiger partial charge in [0, 0.05) is 6.07 Å². The van der Waals surface area contributed by atoms with Crippen LogP contribution in [0.15, 0.2) is 6.07 Å². The Bertz CT molecular complexity index is 386. The number of methoxy groups -OCH3 is 1. The molecule has 0 aliphatic carbocycles. The Labute approximate surface area is 98.2 Å². The van der Waals surface area contributed by atoms with E-state index in [4.69, 9.17) is 22.1 Å². The minimum Gasteiger partial charge on any atom is -0.481 e. The number of rotatable bonds is 4. The molecule has 1 aromatic rings. The Morgan fingerprint density at radius 2 is 2.38 bits per heavy atom. The van der Waals surface area contributed by atoms with Gasteiger partial charge >= 0.3 is 0 Å². The second-order valence-electron chi connectivity index (χ2n) is 3.06. The van der Waals surface area contributed by atoms with Gasteiger partial charge in [-0.15, -0.1) is 0 Å². The minimum absolute atomic E-state index is 0.0817. The molecule has 7 heteroatoms. The van der Waals surface area contributed by atoms with Crippen molar-refractivity contribution in [2.24, 2.45) is 5.73 Å². The van der Waals surface area contributed by atoms with Gasteiger partial charge in [0.25, 0.3) is 0 Å². The number of aromatic nitrogens is 2. The molecule has 1 aromatic heterocycles. The lowest BCUT2D eigenvalue weighted by molar-refractivity contribution is -0.117. The van der Waals surface area contributed by atoms with Crippen LogP contribution in [0.2, 0.25) is 5.15 Å². The lowest BCUT2D eigenvalue weighted by Gasteiger charge is -2.09. The van der Waals surface area contributed by atoms with Gasteiger partial charge in [0.05, 0.1) is 13.2 Å². The predicted molar refractivity (Wildman–Crippen MR) is 60.5 cm³/mol. The van der Waals surface area contributed by atoms with Crippen molar-refractivity contribution in [3.05, 3.63) is 11.2 Å². The summed E-state index contributed by atoms with van der Waals surface area (Å²) in [6.07, 6.45) is 0.531. The van der Waals surface area contributed by atoms with Crippen LogP contribution in [-0.4, -0.2) is 29.0 Å². The molecular weight excluding hydrogens is 232 g/mol. The summed E-state index contributed by atoms with van der Waals surface area (Å²) in [5.41, 5.74) is 5.54. The fourth-order valence-electron chi connectivity index (χ4n) is 0.946. The third-order valence-corrected chi connectivity index (χ3v) is 2.09. The van der Waals surface area contributed by atoms with Crippen molar-refractivity contribution in [3.63, 3.8) is 0 Å². The Kier molecular flexibility index (Phi) is 4.45. The summed E-state index contributed by atoms with van der Waals surface area (Å²) in [4.78, 5) is 19.2. The van der Waals surface area contributed by atoms with Crippen LogP contribution in [0, 0.1) is 0 Å². The first-order valence-corrected chi connectivity index (χ1v) is 5.09. The van der Waals surface area contributed by atoms with Crippen molar-refractivity contribution in [1.82, 2.24) is 9.97 Å². The second kappa shape index (κ2) is 5.62. The molecule has 0 saturated heterocycles. The number of nitrogens with zero attached hydrogens (tertiary/aromatic N) is 2. The zero-order chi connectivity index (χ0) is 12.1. The molecule has 0 spiro atoms. The highest BCUT2D eigenvalue weighted by atomic mass is 35.5. The Morgan fingerprint density at radius 3 is 2.94 bits per heavy atom. The summed E-state index contributed by atoms with van der Waals surface area (Å²) in [5, 5.41) is 2.64. The monoisotopic (exact) mass is 244 g/mol. The number of nitrogens with one attached hydrogen (secondary N) is 1. The molecule has 1 rings (SSSR count). The van der Waals surface area contributed by atoms with E-state index >= 15 is 0 Å². The van der Waals surface area contributed by atoms with Gasteiger partial charge in [-0.2, -0.15) is 4.98 Å². The van der Waals surface area contributed by atoms with Gasteiger partial charge < -0.3 is 10.5 Å². The quantitative estimate of drug-likeness (QED) is 0.765. The highest BCUT2D eigenvalue weighted by Gasteiger charge is 2.13. The van der Waals surface area contributed by atoms with Gasteiger partial charge in [0.15, 0.2) is 0 Å². The molecule has 88 valence electrons. The molecule has 0 unspecified atom stereocenters. The number of carbonyl (C=O) groups is 1. The summed E-state index contributed by atoms with van der Waals surface area (Å²) in [6.45, 7) is 1.81. The van der Waals surface area contributed by atoms with Gasteiger partial charge in [0.2, 0.25) is 17.7 Å². The van der Waals surface area contributed by atoms with Gasteiger partial charge in [-0.25, -0.2) is 4.98 Å². The number of amides is 1. The number of nitrogens with two attached hydrogens (primary N) is 1. The number of carbonyl (C=O) groups excluding carboxylic acids is 1. The molecule has 6 nitrogen and oxygen atoms in total. The van der Waals surface area contributed by atoms with E-state index in [0.29, 0.717) is 6.42 Å². The largest absolute Gasteiger partial charge is 0.481 e. The Balaban J connectivity index is 2.81. The predicted octanol–water partition coefficient (Wildman–Crippen LogP) is 0.814. The normalized spacial score (nSPS) is 12.0. The molecule has 16 heavy (non-hydrogen) atoms. The third kappa shape index (κ3) is 3.32. The highest BCUT2D eigenvalue weighted by Crippen LogP contribution is 2.15. The molecule has 1 atom stereocenters. The van der Waals surface area contributed by atoms with E-state index in [1.54, 1.807) is 0 Å². The fourth-order valence-corrected chi connectivity index (χ4v) is 1.12. The summed E-state index contributed by atoms with van der Waals surface area (Å²) in [5.74, 6) is 0.00504. The van der Waals surface area contributed by atoms with E-state index in [-0.39, 0.29) is 22.9 Å². The molecule has 0 fully saturated rings. The van der Waals surface area contributed by atoms with E-state index in [2.05, 4.69) is 15.3 Å². The average Bonchev–Trinajstić information content (AvgIpc) is 2.26. The smallest absolute Gasteiger partial charge is 0.243 e. The van der Waals surface area contributed by atoms with E-state index in [0.717, 1.165) is 0 Å². The minimum atomic E-state index is -0.589. The zero-order valence-electron chi connectivity index (χ0n) is 9.03. The highest BCUT2D eigenvalue weighted by molar-refractivity contribution is 6.29. The molecule has 0 saturated carbocycles.